The second kappa shape index (κ2) is 8.84. The monoisotopic (exact) mass is 383 g/mol. The summed E-state index contributed by atoms with van der Waals surface area (Å²) in [5, 5.41) is 11.0. The number of urea groups is 1. The van der Waals surface area contributed by atoms with Crippen molar-refractivity contribution in [2.45, 2.75) is 23.9 Å². The van der Waals surface area contributed by atoms with Gasteiger partial charge in [0.05, 0.1) is 18.4 Å². The number of rotatable bonds is 7. The maximum Gasteiger partial charge on any atom is 0.318 e. The number of imide groups is 1. The molecule has 0 aliphatic carbocycles. The third kappa shape index (κ3) is 5.18. The van der Waals surface area contributed by atoms with Gasteiger partial charge in [-0.2, -0.15) is 0 Å². The smallest absolute Gasteiger partial charge is 0.318 e. The lowest BCUT2D eigenvalue weighted by Gasteiger charge is -2.12. The number of amides is 3. The molecule has 1 aromatic heterocycles. The lowest BCUT2D eigenvalue weighted by Crippen LogP contribution is -2.39. The number of nitrogens with one attached hydrogen (secondary N) is 1. The van der Waals surface area contributed by atoms with Gasteiger partial charge < -0.3 is 10.5 Å². The normalized spacial score (nSPS) is 12.0. The van der Waals surface area contributed by atoms with Crippen molar-refractivity contribution >= 4 is 35.3 Å². The molecule has 1 heterocycles. The number of aromatic nitrogens is 3. The van der Waals surface area contributed by atoms with E-state index in [0.29, 0.717) is 29.2 Å². The minimum Gasteiger partial charge on any atom is -0.383 e. The van der Waals surface area contributed by atoms with E-state index in [1.807, 2.05) is 16.7 Å². The number of nitrogens with zero attached hydrogens (tertiary/aromatic N) is 3. The first kappa shape index (κ1) is 19.2. The molecule has 134 valence electrons. The van der Waals surface area contributed by atoms with Crippen LogP contribution in [0, 0.1) is 0 Å². The van der Waals surface area contributed by atoms with Crippen LogP contribution in [0.5, 0.6) is 0 Å². The third-order valence-electron chi connectivity index (χ3n) is 3.24. The fraction of sp³-hybridized carbons (Fsp3) is 0.333. The molecule has 0 spiro atoms. The molecule has 0 aliphatic rings. The molecule has 0 radical (unpaired) electrons. The average molecular weight is 384 g/mol. The van der Waals surface area contributed by atoms with Gasteiger partial charge in [-0.25, -0.2) is 4.79 Å². The largest absolute Gasteiger partial charge is 0.383 e. The predicted molar refractivity (Wildman–Crippen MR) is 95.4 cm³/mol. The van der Waals surface area contributed by atoms with Gasteiger partial charge in [-0.15, -0.1) is 10.2 Å². The van der Waals surface area contributed by atoms with Gasteiger partial charge in [-0.3, -0.25) is 14.7 Å². The van der Waals surface area contributed by atoms with Crippen LogP contribution in [0.2, 0.25) is 5.02 Å². The fourth-order valence-corrected chi connectivity index (χ4v) is 3.01. The fourth-order valence-electron chi connectivity index (χ4n) is 2.01. The van der Waals surface area contributed by atoms with Gasteiger partial charge in [-0.05, 0) is 31.2 Å². The number of benzene rings is 1. The molecule has 3 N–H and O–H groups in total. The summed E-state index contributed by atoms with van der Waals surface area (Å²) in [6.45, 7) is 2.61. The molecule has 0 fully saturated rings. The maximum absolute atomic E-state index is 11.9. The SMILES string of the molecule is COCCn1c(S[C@H](C)C(=O)NC(N)=O)nnc1-c1ccc(Cl)cc1. The number of thioether (sulfide) groups is 1. The van der Waals surface area contributed by atoms with Crippen molar-refractivity contribution in [1.29, 1.82) is 0 Å². The zero-order valence-corrected chi connectivity index (χ0v) is 15.3. The second-order valence-corrected chi connectivity index (χ2v) is 6.82. The number of primary amides is 1. The molecule has 2 rings (SSSR count). The number of carbonyl (C=O) groups is 2. The van der Waals surface area contributed by atoms with E-state index < -0.39 is 17.2 Å². The van der Waals surface area contributed by atoms with Gasteiger partial charge >= 0.3 is 6.03 Å². The van der Waals surface area contributed by atoms with Gasteiger partial charge in [0.15, 0.2) is 11.0 Å². The van der Waals surface area contributed by atoms with Crippen LogP contribution in [0.25, 0.3) is 11.4 Å². The minimum atomic E-state index is -0.889. The van der Waals surface area contributed by atoms with E-state index in [1.54, 1.807) is 26.2 Å². The van der Waals surface area contributed by atoms with Crippen molar-refractivity contribution in [3.63, 3.8) is 0 Å². The van der Waals surface area contributed by atoms with E-state index >= 15 is 0 Å². The number of ether oxygens (including phenoxy) is 1. The molecule has 8 nitrogen and oxygen atoms in total. The van der Waals surface area contributed by atoms with Crippen molar-refractivity contribution < 1.29 is 14.3 Å². The summed E-state index contributed by atoms with van der Waals surface area (Å²) in [5.41, 5.74) is 5.81. The van der Waals surface area contributed by atoms with Gasteiger partial charge in [0.1, 0.15) is 0 Å². The molecule has 1 aromatic carbocycles. The first-order valence-electron chi connectivity index (χ1n) is 7.37. The summed E-state index contributed by atoms with van der Waals surface area (Å²) in [5.74, 6) is 0.144. The Morgan fingerprint density at radius 3 is 2.64 bits per heavy atom. The summed E-state index contributed by atoms with van der Waals surface area (Å²) < 4.78 is 6.99. The highest BCUT2D eigenvalue weighted by molar-refractivity contribution is 8.00. The molecule has 0 bridgehead atoms. The number of carbonyl (C=O) groups excluding carboxylic acids is 2. The van der Waals surface area contributed by atoms with E-state index in [2.05, 4.69) is 15.5 Å². The molecule has 1 atom stereocenters. The molecule has 0 saturated heterocycles. The zero-order valence-electron chi connectivity index (χ0n) is 13.7. The van der Waals surface area contributed by atoms with Gasteiger partial charge in [0.2, 0.25) is 5.91 Å². The van der Waals surface area contributed by atoms with E-state index in [4.69, 9.17) is 22.1 Å². The number of methoxy groups -OCH3 is 1. The summed E-state index contributed by atoms with van der Waals surface area (Å²) in [6, 6.07) is 6.32. The van der Waals surface area contributed by atoms with E-state index in [0.717, 1.165) is 5.56 Å². The van der Waals surface area contributed by atoms with Crippen molar-refractivity contribution in [2.24, 2.45) is 5.73 Å². The lowest BCUT2D eigenvalue weighted by molar-refractivity contribution is -0.119. The van der Waals surface area contributed by atoms with E-state index in [9.17, 15) is 9.59 Å². The van der Waals surface area contributed by atoms with Gasteiger partial charge in [0, 0.05) is 17.7 Å². The average Bonchev–Trinajstić information content (AvgIpc) is 2.95. The minimum absolute atomic E-state index is 0.452. The summed E-state index contributed by atoms with van der Waals surface area (Å²) in [6.07, 6.45) is 0. The van der Waals surface area contributed by atoms with Gasteiger partial charge in [-0.1, -0.05) is 23.4 Å². The summed E-state index contributed by atoms with van der Waals surface area (Å²) in [7, 11) is 1.60. The molecule has 3 amide bonds. The summed E-state index contributed by atoms with van der Waals surface area (Å²) >= 11 is 7.10. The molecular weight excluding hydrogens is 366 g/mol. The number of hydrogen-bond donors (Lipinski definition) is 2. The number of hydrogen-bond acceptors (Lipinski definition) is 6. The maximum atomic E-state index is 11.9. The first-order valence-corrected chi connectivity index (χ1v) is 8.63. The van der Waals surface area contributed by atoms with Crippen molar-refractivity contribution in [2.75, 3.05) is 13.7 Å². The Bertz CT molecular complexity index is 750. The highest BCUT2D eigenvalue weighted by Gasteiger charge is 2.21. The standard InChI is InChI=1S/C15H18ClN5O3S/c1-9(13(22)18-14(17)23)25-15-20-19-12(21(15)7-8-24-2)10-3-5-11(16)6-4-10/h3-6,9H,7-8H2,1-2H3,(H3,17,18,22,23)/t9-/m1/s1. The first-order chi connectivity index (χ1) is 11.9. The predicted octanol–water partition coefficient (Wildman–Crippen LogP) is 1.92. The number of halogens is 1. The van der Waals surface area contributed by atoms with Crippen molar-refractivity contribution in [3.8, 4) is 11.4 Å². The molecule has 2 aromatic rings. The molecule has 25 heavy (non-hydrogen) atoms. The highest BCUT2D eigenvalue weighted by Crippen LogP contribution is 2.27. The Morgan fingerprint density at radius 2 is 2.04 bits per heavy atom. The number of nitrogens with two attached hydrogens (primary N) is 1. The third-order valence-corrected chi connectivity index (χ3v) is 4.57. The Hall–Kier alpha value is -2.10. The molecular formula is C15H18ClN5O3S. The van der Waals surface area contributed by atoms with E-state index in [-0.39, 0.29) is 0 Å². The zero-order chi connectivity index (χ0) is 18.4. The van der Waals surface area contributed by atoms with E-state index in [1.165, 1.54) is 11.8 Å². The van der Waals surface area contributed by atoms with Crippen LogP contribution in [0.1, 0.15) is 6.92 Å². The Balaban J connectivity index is 2.27. The topological polar surface area (TPSA) is 112 Å². The molecule has 0 aliphatic heterocycles. The Morgan fingerprint density at radius 1 is 1.36 bits per heavy atom. The quantitative estimate of drug-likeness (QED) is 0.706. The van der Waals surface area contributed by atoms with Crippen LogP contribution >= 0.6 is 23.4 Å². The van der Waals surface area contributed by atoms with Crippen LogP contribution in [0.4, 0.5) is 4.79 Å². The Kier molecular flexibility index (Phi) is 6.80. The molecule has 10 heteroatoms. The lowest BCUT2D eigenvalue weighted by atomic mass is 10.2. The van der Waals surface area contributed by atoms with Crippen LogP contribution in [0.3, 0.4) is 0 Å². The van der Waals surface area contributed by atoms with Gasteiger partial charge in [0.25, 0.3) is 0 Å². The molecule has 0 unspecified atom stereocenters. The molecule has 0 saturated carbocycles. The highest BCUT2D eigenvalue weighted by atomic mass is 35.5. The van der Waals surface area contributed by atoms with Crippen molar-refractivity contribution in [3.05, 3.63) is 29.3 Å². The van der Waals surface area contributed by atoms with Crippen LogP contribution < -0.4 is 11.1 Å². The second-order valence-electron chi connectivity index (χ2n) is 5.07. The van der Waals surface area contributed by atoms with Crippen molar-refractivity contribution in [1.82, 2.24) is 20.1 Å². The summed E-state index contributed by atoms with van der Waals surface area (Å²) in [4.78, 5) is 22.7. The van der Waals surface area contributed by atoms with Crippen LogP contribution in [-0.2, 0) is 16.1 Å². The Labute approximate surface area is 154 Å². The van der Waals surface area contributed by atoms with Crippen LogP contribution in [0.15, 0.2) is 29.4 Å². The van der Waals surface area contributed by atoms with Crippen LogP contribution in [-0.4, -0.2) is 45.7 Å².